The van der Waals surface area contributed by atoms with Crippen LogP contribution < -0.4 is 0 Å². The molecule has 2 aromatic heterocycles. The third-order valence-corrected chi connectivity index (χ3v) is 3.88. The molecule has 0 bridgehead atoms. The molecule has 1 aliphatic heterocycles. The Hall–Kier alpha value is -1.55. The van der Waals surface area contributed by atoms with Crippen molar-refractivity contribution in [2.75, 3.05) is 19.6 Å². The van der Waals surface area contributed by atoms with Gasteiger partial charge in [-0.15, -0.1) is 0 Å². The number of hydrogen-bond donors (Lipinski definition) is 1. The van der Waals surface area contributed by atoms with E-state index in [1.54, 1.807) is 12.3 Å². The number of aromatic hydroxyl groups is 1. The first-order valence-electron chi connectivity index (χ1n) is 6.63. The minimum atomic E-state index is 0.295. The molecular formula is C14H19N3O. The molecule has 18 heavy (non-hydrogen) atoms. The Morgan fingerprint density at radius 2 is 2.33 bits per heavy atom. The Morgan fingerprint density at radius 3 is 3.11 bits per heavy atom. The molecule has 2 aromatic rings. The predicted octanol–water partition coefficient (Wildman–Crippen LogP) is 1.92. The summed E-state index contributed by atoms with van der Waals surface area (Å²) in [4.78, 5) is 6.97. The zero-order chi connectivity index (χ0) is 12.5. The van der Waals surface area contributed by atoms with Gasteiger partial charge in [-0.2, -0.15) is 0 Å². The molecule has 1 unspecified atom stereocenters. The summed E-state index contributed by atoms with van der Waals surface area (Å²) in [5.74, 6) is 2.05. The molecule has 1 atom stereocenters. The van der Waals surface area contributed by atoms with E-state index < -0.39 is 0 Å². The molecule has 1 saturated heterocycles. The van der Waals surface area contributed by atoms with Gasteiger partial charge in [0.05, 0.1) is 17.9 Å². The van der Waals surface area contributed by atoms with Gasteiger partial charge in [-0.1, -0.05) is 6.92 Å². The molecule has 0 aromatic carbocycles. The maximum absolute atomic E-state index is 9.56. The van der Waals surface area contributed by atoms with Gasteiger partial charge in [-0.05, 0) is 37.6 Å². The van der Waals surface area contributed by atoms with Crippen molar-refractivity contribution < 1.29 is 5.11 Å². The van der Waals surface area contributed by atoms with Crippen LogP contribution in [0.2, 0.25) is 0 Å². The van der Waals surface area contributed by atoms with Crippen molar-refractivity contribution in [3.05, 3.63) is 30.4 Å². The van der Waals surface area contributed by atoms with E-state index in [1.165, 1.54) is 19.5 Å². The van der Waals surface area contributed by atoms with Gasteiger partial charge in [0, 0.05) is 13.0 Å². The highest BCUT2D eigenvalue weighted by Crippen LogP contribution is 2.21. The topological polar surface area (TPSA) is 40.8 Å². The van der Waals surface area contributed by atoms with Gasteiger partial charge in [0.15, 0.2) is 0 Å². The van der Waals surface area contributed by atoms with Crippen molar-refractivity contribution in [2.45, 2.75) is 19.8 Å². The number of hydrogen-bond acceptors (Lipinski definition) is 3. The molecule has 0 amide bonds. The quantitative estimate of drug-likeness (QED) is 0.898. The second kappa shape index (κ2) is 4.61. The number of aromatic nitrogens is 2. The molecule has 3 heterocycles. The van der Waals surface area contributed by atoms with Crippen LogP contribution in [0.3, 0.4) is 0 Å². The van der Waals surface area contributed by atoms with Crippen LogP contribution in [0.5, 0.6) is 5.75 Å². The second-order valence-corrected chi connectivity index (χ2v) is 5.11. The van der Waals surface area contributed by atoms with Crippen LogP contribution in [-0.4, -0.2) is 39.0 Å². The van der Waals surface area contributed by atoms with E-state index >= 15 is 0 Å². The van der Waals surface area contributed by atoms with Crippen LogP contribution in [0.25, 0.3) is 5.52 Å². The van der Waals surface area contributed by atoms with Gasteiger partial charge in [0.2, 0.25) is 0 Å². The Bertz CT molecular complexity index is 549. The average molecular weight is 245 g/mol. The van der Waals surface area contributed by atoms with Crippen molar-refractivity contribution in [3.8, 4) is 5.75 Å². The largest absolute Gasteiger partial charge is 0.506 e. The zero-order valence-electron chi connectivity index (χ0n) is 10.7. The molecular weight excluding hydrogens is 226 g/mol. The van der Waals surface area contributed by atoms with E-state index in [2.05, 4.69) is 16.8 Å². The standard InChI is InChI=1S/C14H19N3O/c1-2-16-6-5-11(9-16)7-14-15-8-12-3-4-13(18)10-17(12)14/h3-4,8,10-11,18H,2,5-7,9H2,1H3. The van der Waals surface area contributed by atoms with E-state index in [4.69, 9.17) is 0 Å². The first-order valence-corrected chi connectivity index (χ1v) is 6.63. The zero-order valence-corrected chi connectivity index (χ0v) is 10.7. The second-order valence-electron chi connectivity index (χ2n) is 5.11. The van der Waals surface area contributed by atoms with Crippen LogP contribution in [0.4, 0.5) is 0 Å². The maximum atomic E-state index is 9.56. The number of imidazole rings is 1. The van der Waals surface area contributed by atoms with Gasteiger partial charge in [-0.3, -0.25) is 0 Å². The number of rotatable bonds is 3. The van der Waals surface area contributed by atoms with Crippen molar-refractivity contribution in [2.24, 2.45) is 5.92 Å². The fourth-order valence-electron chi connectivity index (χ4n) is 2.81. The van der Waals surface area contributed by atoms with Crippen molar-refractivity contribution in [1.82, 2.24) is 14.3 Å². The summed E-state index contributed by atoms with van der Waals surface area (Å²) >= 11 is 0. The lowest BCUT2D eigenvalue weighted by Crippen LogP contribution is -2.20. The third kappa shape index (κ3) is 2.08. The first-order chi connectivity index (χ1) is 8.76. The fraction of sp³-hybridized carbons (Fsp3) is 0.500. The lowest BCUT2D eigenvalue weighted by Gasteiger charge is -2.12. The first kappa shape index (κ1) is 11.5. The van der Waals surface area contributed by atoms with Crippen molar-refractivity contribution >= 4 is 5.52 Å². The van der Waals surface area contributed by atoms with Gasteiger partial charge < -0.3 is 14.4 Å². The maximum Gasteiger partial charge on any atom is 0.132 e. The monoisotopic (exact) mass is 245 g/mol. The molecule has 0 aliphatic carbocycles. The highest BCUT2D eigenvalue weighted by Gasteiger charge is 2.22. The molecule has 4 heteroatoms. The number of pyridine rings is 1. The van der Waals surface area contributed by atoms with Crippen molar-refractivity contribution in [3.63, 3.8) is 0 Å². The molecule has 4 nitrogen and oxygen atoms in total. The molecule has 1 fully saturated rings. The Balaban J connectivity index is 1.80. The highest BCUT2D eigenvalue weighted by atomic mass is 16.3. The van der Waals surface area contributed by atoms with Gasteiger partial charge in [-0.25, -0.2) is 4.98 Å². The Kier molecular flexibility index (Phi) is 2.96. The van der Waals surface area contributed by atoms with Gasteiger partial charge in [0.1, 0.15) is 11.6 Å². The fourth-order valence-corrected chi connectivity index (χ4v) is 2.81. The summed E-state index contributed by atoms with van der Waals surface area (Å²) in [6, 6.07) is 3.61. The molecule has 1 N–H and O–H groups in total. The van der Waals surface area contributed by atoms with Crippen LogP contribution in [0.15, 0.2) is 24.5 Å². The van der Waals surface area contributed by atoms with E-state index in [0.717, 1.165) is 24.3 Å². The van der Waals surface area contributed by atoms with Crippen LogP contribution in [0, 0.1) is 5.92 Å². The van der Waals surface area contributed by atoms with Crippen LogP contribution >= 0.6 is 0 Å². The van der Waals surface area contributed by atoms with Crippen LogP contribution in [-0.2, 0) is 6.42 Å². The summed E-state index contributed by atoms with van der Waals surface area (Å²) in [5, 5.41) is 9.56. The summed E-state index contributed by atoms with van der Waals surface area (Å²) in [6.07, 6.45) is 5.88. The van der Waals surface area contributed by atoms with E-state index in [0.29, 0.717) is 11.7 Å². The predicted molar refractivity (Wildman–Crippen MR) is 70.8 cm³/mol. The third-order valence-electron chi connectivity index (χ3n) is 3.88. The van der Waals surface area contributed by atoms with Gasteiger partial charge >= 0.3 is 0 Å². The average Bonchev–Trinajstić information content (AvgIpc) is 2.97. The summed E-state index contributed by atoms with van der Waals surface area (Å²) in [5.41, 5.74) is 1.05. The lowest BCUT2D eigenvalue weighted by molar-refractivity contribution is 0.341. The van der Waals surface area contributed by atoms with E-state index in [9.17, 15) is 5.11 Å². The number of fused-ring (bicyclic) bond motifs is 1. The Morgan fingerprint density at radius 1 is 1.44 bits per heavy atom. The molecule has 96 valence electrons. The minimum Gasteiger partial charge on any atom is -0.506 e. The molecule has 0 saturated carbocycles. The highest BCUT2D eigenvalue weighted by molar-refractivity contribution is 5.48. The number of nitrogens with zero attached hydrogens (tertiary/aromatic N) is 3. The summed E-state index contributed by atoms with van der Waals surface area (Å²) < 4.78 is 2.00. The van der Waals surface area contributed by atoms with E-state index in [-0.39, 0.29) is 0 Å². The van der Waals surface area contributed by atoms with E-state index in [1.807, 2.05) is 16.7 Å². The minimum absolute atomic E-state index is 0.295. The van der Waals surface area contributed by atoms with Crippen LogP contribution in [0.1, 0.15) is 19.2 Å². The normalized spacial score (nSPS) is 20.8. The SMILES string of the molecule is CCN1CCC(Cc2ncc3ccc(O)cn23)C1. The number of likely N-dealkylation sites (tertiary alicyclic amines) is 1. The van der Waals surface area contributed by atoms with Crippen molar-refractivity contribution in [1.29, 1.82) is 0 Å². The smallest absolute Gasteiger partial charge is 0.132 e. The molecule has 1 aliphatic rings. The van der Waals surface area contributed by atoms with Gasteiger partial charge in [0.25, 0.3) is 0 Å². The Labute approximate surface area is 107 Å². The molecule has 3 rings (SSSR count). The summed E-state index contributed by atoms with van der Waals surface area (Å²) in [7, 11) is 0. The summed E-state index contributed by atoms with van der Waals surface area (Å²) in [6.45, 7) is 5.73. The molecule has 0 spiro atoms. The molecule has 0 radical (unpaired) electrons. The lowest BCUT2D eigenvalue weighted by atomic mass is 10.0.